The van der Waals surface area contributed by atoms with E-state index in [4.69, 9.17) is 4.74 Å². The van der Waals surface area contributed by atoms with Gasteiger partial charge in [0.1, 0.15) is 5.60 Å². The normalized spacial score (nSPS) is 20.2. The summed E-state index contributed by atoms with van der Waals surface area (Å²) < 4.78 is 33.9. The summed E-state index contributed by atoms with van der Waals surface area (Å²) in [5, 5.41) is 0. The topological polar surface area (TPSA) is 79.0 Å². The summed E-state index contributed by atoms with van der Waals surface area (Å²) in [6.45, 7) is 7.41. The van der Waals surface area contributed by atoms with Crippen LogP contribution in [0.5, 0.6) is 0 Å². The molecule has 0 aromatic heterocycles. The van der Waals surface area contributed by atoms with Gasteiger partial charge in [0.25, 0.3) is 0 Å². The van der Waals surface area contributed by atoms with E-state index < -0.39 is 15.8 Å². The summed E-state index contributed by atoms with van der Waals surface area (Å²) in [5.74, 6) is 0. The molecule has 2 aliphatic rings. The molecule has 1 N–H and O–H groups in total. The van der Waals surface area contributed by atoms with E-state index in [1.54, 1.807) is 29.2 Å². The van der Waals surface area contributed by atoms with Gasteiger partial charge in [0.05, 0.1) is 0 Å². The highest BCUT2D eigenvalue weighted by Crippen LogP contribution is 2.41. The molecule has 3 rings (SSSR count). The molecule has 1 spiro atoms. The number of carbonyl (C=O) groups excluding carboxylic acids is 1. The van der Waals surface area contributed by atoms with Crippen molar-refractivity contribution >= 4 is 22.0 Å². The second kappa shape index (κ2) is 5.63. The maximum atomic E-state index is 12.3. The Morgan fingerprint density at radius 1 is 1.12 bits per heavy atom. The van der Waals surface area contributed by atoms with Crippen LogP contribution >= 0.6 is 0 Å². The Morgan fingerprint density at radius 2 is 1.71 bits per heavy atom. The van der Waals surface area contributed by atoms with Gasteiger partial charge >= 0.3 is 16.3 Å². The zero-order valence-corrected chi connectivity index (χ0v) is 15.0. The van der Waals surface area contributed by atoms with E-state index in [-0.39, 0.29) is 11.5 Å². The number of hydrogen-bond acceptors (Lipinski definition) is 4. The molecule has 7 nitrogen and oxygen atoms in total. The fraction of sp³-hybridized carbons (Fsp3) is 0.562. The van der Waals surface area contributed by atoms with Crippen LogP contribution in [0.15, 0.2) is 30.3 Å². The zero-order valence-electron chi connectivity index (χ0n) is 14.2. The number of anilines is 1. The predicted octanol–water partition coefficient (Wildman–Crippen LogP) is 1.90. The van der Waals surface area contributed by atoms with Crippen molar-refractivity contribution in [3.05, 3.63) is 30.3 Å². The summed E-state index contributed by atoms with van der Waals surface area (Å²) in [6.07, 6.45) is -0.336. The van der Waals surface area contributed by atoms with E-state index in [0.717, 1.165) is 0 Å². The Morgan fingerprint density at radius 3 is 2.25 bits per heavy atom. The largest absolute Gasteiger partial charge is 0.444 e. The molecule has 2 aliphatic heterocycles. The highest BCUT2D eigenvalue weighted by Gasteiger charge is 2.56. The monoisotopic (exact) mass is 353 g/mol. The molecule has 0 atom stereocenters. The fourth-order valence-electron chi connectivity index (χ4n) is 3.01. The van der Waals surface area contributed by atoms with Crippen LogP contribution in [-0.2, 0) is 14.9 Å². The van der Waals surface area contributed by atoms with Crippen LogP contribution in [0.25, 0.3) is 0 Å². The first-order valence-corrected chi connectivity index (χ1v) is 9.34. The highest BCUT2D eigenvalue weighted by atomic mass is 32.2. The van der Waals surface area contributed by atoms with E-state index in [1.165, 1.54) is 4.31 Å². The average Bonchev–Trinajstić information content (AvgIpc) is 2.33. The Labute approximate surface area is 142 Å². The van der Waals surface area contributed by atoms with Crippen LogP contribution < -0.4 is 4.72 Å². The van der Waals surface area contributed by atoms with Gasteiger partial charge in [-0.25, -0.2) is 4.79 Å². The van der Waals surface area contributed by atoms with Crippen LogP contribution in [0.3, 0.4) is 0 Å². The number of carbonyl (C=O) groups is 1. The molecule has 24 heavy (non-hydrogen) atoms. The minimum atomic E-state index is -3.54. The Balaban J connectivity index is 1.51. The number of nitrogens with one attached hydrogen (secondary N) is 1. The molecular formula is C16H23N3O4S. The third-order valence-electron chi connectivity index (χ3n) is 4.09. The first-order valence-electron chi connectivity index (χ1n) is 7.90. The van der Waals surface area contributed by atoms with Crippen molar-refractivity contribution in [2.24, 2.45) is 5.41 Å². The van der Waals surface area contributed by atoms with E-state index in [9.17, 15) is 13.2 Å². The Kier molecular flexibility index (Phi) is 4.00. The van der Waals surface area contributed by atoms with Crippen LogP contribution in [0, 0.1) is 5.41 Å². The van der Waals surface area contributed by atoms with Crippen molar-refractivity contribution in [1.82, 2.24) is 9.21 Å². The first-order chi connectivity index (χ1) is 11.1. The predicted molar refractivity (Wildman–Crippen MR) is 90.8 cm³/mol. The second-order valence-corrected chi connectivity index (χ2v) is 9.25. The van der Waals surface area contributed by atoms with E-state index >= 15 is 0 Å². The Bertz CT molecular complexity index is 713. The quantitative estimate of drug-likeness (QED) is 0.900. The standard InChI is InChI=1S/C16H23N3O4S/c1-15(2,3)23-14(20)18-9-16(10-18)11-19(12-16)24(21,22)17-13-7-5-4-6-8-13/h4-8,17H,9-12H2,1-3H3. The number of hydrogen-bond donors (Lipinski definition) is 1. The van der Waals surface area contributed by atoms with Crippen molar-refractivity contribution in [1.29, 1.82) is 0 Å². The number of ether oxygens (including phenoxy) is 1. The lowest BCUT2D eigenvalue weighted by Crippen LogP contribution is -2.74. The summed E-state index contributed by atoms with van der Waals surface area (Å²) in [5.41, 5.74) is -0.0982. The third-order valence-corrected chi connectivity index (χ3v) is 5.52. The summed E-state index contributed by atoms with van der Waals surface area (Å²) >= 11 is 0. The fourth-order valence-corrected chi connectivity index (χ4v) is 4.46. The molecule has 0 aliphatic carbocycles. The lowest BCUT2D eigenvalue weighted by molar-refractivity contribution is -0.0837. The van der Waals surface area contributed by atoms with Crippen LogP contribution in [0.1, 0.15) is 20.8 Å². The molecule has 8 heteroatoms. The second-order valence-electron chi connectivity index (χ2n) is 7.58. The van der Waals surface area contributed by atoms with Crippen LogP contribution in [0.4, 0.5) is 10.5 Å². The average molecular weight is 353 g/mol. The van der Waals surface area contributed by atoms with Gasteiger partial charge in [-0.2, -0.15) is 12.7 Å². The molecule has 0 radical (unpaired) electrons. The van der Waals surface area contributed by atoms with Crippen LogP contribution in [-0.4, -0.2) is 55.5 Å². The van der Waals surface area contributed by atoms with Gasteiger partial charge < -0.3 is 9.64 Å². The summed E-state index contributed by atoms with van der Waals surface area (Å²) in [7, 11) is -3.54. The lowest BCUT2D eigenvalue weighted by Gasteiger charge is -2.58. The molecule has 1 amide bonds. The number of rotatable bonds is 3. The van der Waals surface area contributed by atoms with Gasteiger partial charge in [0, 0.05) is 37.3 Å². The smallest absolute Gasteiger partial charge is 0.410 e. The lowest BCUT2D eigenvalue weighted by atomic mass is 9.75. The zero-order chi connectivity index (χ0) is 17.6. The van der Waals surface area contributed by atoms with Gasteiger partial charge in [0.2, 0.25) is 0 Å². The molecule has 0 bridgehead atoms. The number of para-hydroxylation sites is 1. The van der Waals surface area contributed by atoms with Crippen molar-refractivity contribution in [3.63, 3.8) is 0 Å². The molecular weight excluding hydrogens is 330 g/mol. The van der Waals surface area contributed by atoms with Crippen molar-refractivity contribution in [3.8, 4) is 0 Å². The van der Waals surface area contributed by atoms with Crippen LogP contribution in [0.2, 0.25) is 0 Å². The molecule has 132 valence electrons. The maximum absolute atomic E-state index is 12.3. The number of nitrogens with zero attached hydrogens (tertiary/aromatic N) is 2. The highest BCUT2D eigenvalue weighted by molar-refractivity contribution is 7.90. The molecule has 0 unspecified atom stereocenters. The number of likely N-dealkylation sites (tertiary alicyclic amines) is 1. The first kappa shape index (κ1) is 17.0. The SMILES string of the molecule is CC(C)(C)OC(=O)N1CC2(C1)CN(S(=O)(=O)Nc1ccccc1)C2. The van der Waals surface area contributed by atoms with E-state index in [0.29, 0.717) is 31.9 Å². The minimum absolute atomic E-state index is 0.123. The van der Waals surface area contributed by atoms with Gasteiger partial charge in [-0.3, -0.25) is 4.72 Å². The number of amides is 1. The van der Waals surface area contributed by atoms with E-state index in [1.807, 2.05) is 26.8 Å². The molecule has 1 aromatic carbocycles. The van der Waals surface area contributed by atoms with Crippen molar-refractivity contribution < 1.29 is 17.9 Å². The van der Waals surface area contributed by atoms with Gasteiger partial charge in [-0.05, 0) is 32.9 Å². The van der Waals surface area contributed by atoms with Gasteiger partial charge in [-0.1, -0.05) is 18.2 Å². The molecule has 2 fully saturated rings. The number of benzene rings is 1. The minimum Gasteiger partial charge on any atom is -0.444 e. The van der Waals surface area contributed by atoms with Gasteiger partial charge in [-0.15, -0.1) is 0 Å². The molecule has 2 saturated heterocycles. The molecule has 1 aromatic rings. The molecule has 0 saturated carbocycles. The third kappa shape index (κ3) is 3.49. The summed E-state index contributed by atoms with van der Waals surface area (Å²) in [4.78, 5) is 13.6. The molecule has 2 heterocycles. The van der Waals surface area contributed by atoms with E-state index in [2.05, 4.69) is 4.72 Å². The Hall–Kier alpha value is -1.80. The maximum Gasteiger partial charge on any atom is 0.410 e. The summed E-state index contributed by atoms with van der Waals surface area (Å²) in [6, 6.07) is 8.80. The van der Waals surface area contributed by atoms with Gasteiger partial charge in [0.15, 0.2) is 0 Å². The van der Waals surface area contributed by atoms with Crippen molar-refractivity contribution in [2.45, 2.75) is 26.4 Å². The van der Waals surface area contributed by atoms with Crippen molar-refractivity contribution in [2.75, 3.05) is 30.9 Å².